The number of hydrogen-bond donors (Lipinski definition) is 2. The molecule has 6 nitrogen and oxygen atoms in total. The van der Waals surface area contributed by atoms with E-state index in [4.69, 9.17) is 4.74 Å². The summed E-state index contributed by atoms with van der Waals surface area (Å²) in [7, 11) is 3.20. The van der Waals surface area contributed by atoms with E-state index in [-0.39, 0.29) is 29.8 Å². The highest BCUT2D eigenvalue weighted by Gasteiger charge is 2.26. The first-order valence-corrected chi connectivity index (χ1v) is 10.7. The summed E-state index contributed by atoms with van der Waals surface area (Å²) in [4.78, 5) is 25.9. The van der Waals surface area contributed by atoms with Crippen LogP contribution in [0.2, 0.25) is 0 Å². The van der Waals surface area contributed by atoms with Crippen LogP contribution in [0.4, 0.5) is 5.69 Å². The first-order valence-electron chi connectivity index (χ1n) is 9.03. The lowest BCUT2D eigenvalue weighted by Crippen LogP contribution is -2.21. The molecule has 0 radical (unpaired) electrons. The molecule has 154 valence electrons. The van der Waals surface area contributed by atoms with Crippen LogP contribution in [0.3, 0.4) is 0 Å². The SMILES string of the molecule is CC.COCC(=O)Nc1csc(/C=C/C(=O)C2=C(O)c3ccccc3SN2C)c1. The number of aliphatic hydroxyl groups excluding tert-OH is 1. The number of fused-ring (bicyclic) bond motifs is 1. The van der Waals surface area contributed by atoms with Gasteiger partial charge in [-0.05, 0) is 42.3 Å². The van der Waals surface area contributed by atoms with Gasteiger partial charge in [0, 0.05) is 34.9 Å². The zero-order valence-electron chi connectivity index (χ0n) is 16.8. The molecule has 0 aliphatic carbocycles. The van der Waals surface area contributed by atoms with Crippen molar-refractivity contribution >= 4 is 52.5 Å². The van der Waals surface area contributed by atoms with Gasteiger partial charge in [0.25, 0.3) is 0 Å². The molecule has 2 N–H and O–H groups in total. The van der Waals surface area contributed by atoms with Gasteiger partial charge in [0.2, 0.25) is 11.7 Å². The molecule has 0 atom stereocenters. The van der Waals surface area contributed by atoms with E-state index in [9.17, 15) is 14.7 Å². The largest absolute Gasteiger partial charge is 0.505 e. The fraction of sp³-hybridized carbons (Fsp3) is 0.238. The van der Waals surface area contributed by atoms with E-state index in [0.29, 0.717) is 11.3 Å². The maximum Gasteiger partial charge on any atom is 0.250 e. The summed E-state index contributed by atoms with van der Waals surface area (Å²) < 4.78 is 6.43. The second-order valence-corrected chi connectivity index (χ2v) is 7.81. The van der Waals surface area contributed by atoms with Crippen molar-refractivity contribution in [1.29, 1.82) is 0 Å². The van der Waals surface area contributed by atoms with E-state index in [1.54, 1.807) is 34.9 Å². The van der Waals surface area contributed by atoms with Crippen LogP contribution >= 0.6 is 23.3 Å². The highest BCUT2D eigenvalue weighted by atomic mass is 32.2. The molecule has 1 aliphatic heterocycles. The molecule has 2 heterocycles. The number of aliphatic hydroxyl groups is 1. The molecule has 0 fully saturated rings. The summed E-state index contributed by atoms with van der Waals surface area (Å²) in [6, 6.07) is 9.17. The Kier molecular flexibility index (Phi) is 8.50. The zero-order valence-corrected chi connectivity index (χ0v) is 18.4. The van der Waals surface area contributed by atoms with Gasteiger partial charge in [-0.2, -0.15) is 0 Å². The predicted molar refractivity (Wildman–Crippen MR) is 120 cm³/mol. The van der Waals surface area contributed by atoms with E-state index < -0.39 is 0 Å². The molecule has 0 spiro atoms. The van der Waals surface area contributed by atoms with Gasteiger partial charge in [-0.25, -0.2) is 0 Å². The first kappa shape index (κ1) is 22.7. The second kappa shape index (κ2) is 10.8. The van der Waals surface area contributed by atoms with Crippen molar-refractivity contribution in [2.24, 2.45) is 0 Å². The number of carbonyl (C=O) groups is 2. The number of carbonyl (C=O) groups excluding carboxylic acids is 2. The molecule has 0 saturated carbocycles. The van der Waals surface area contributed by atoms with Gasteiger partial charge < -0.3 is 19.5 Å². The van der Waals surface area contributed by atoms with E-state index in [1.165, 1.54) is 36.5 Å². The molecular weight excluding hydrogens is 408 g/mol. The minimum Gasteiger partial charge on any atom is -0.505 e. The molecule has 3 rings (SSSR count). The van der Waals surface area contributed by atoms with Crippen molar-refractivity contribution in [1.82, 2.24) is 4.31 Å². The van der Waals surface area contributed by atoms with E-state index in [2.05, 4.69) is 5.32 Å². The van der Waals surface area contributed by atoms with Crippen LogP contribution in [0.1, 0.15) is 24.3 Å². The van der Waals surface area contributed by atoms with Crippen LogP contribution < -0.4 is 5.32 Å². The molecular formula is C21H24N2O4S2. The fourth-order valence-corrected chi connectivity index (χ4v) is 4.25. The lowest BCUT2D eigenvalue weighted by Gasteiger charge is -2.26. The third kappa shape index (κ3) is 5.72. The summed E-state index contributed by atoms with van der Waals surface area (Å²) in [5.41, 5.74) is 1.53. The van der Waals surface area contributed by atoms with Crippen LogP contribution in [0, 0.1) is 0 Å². The summed E-state index contributed by atoms with van der Waals surface area (Å²) in [5.74, 6) is -0.563. The van der Waals surface area contributed by atoms with E-state index in [1.807, 2.05) is 32.0 Å². The Morgan fingerprint density at radius 3 is 2.72 bits per heavy atom. The second-order valence-electron chi connectivity index (χ2n) is 5.70. The summed E-state index contributed by atoms with van der Waals surface area (Å²) in [6.45, 7) is 3.98. The monoisotopic (exact) mass is 432 g/mol. The van der Waals surface area contributed by atoms with Crippen LogP contribution in [0.25, 0.3) is 11.8 Å². The molecule has 29 heavy (non-hydrogen) atoms. The van der Waals surface area contributed by atoms with Crippen molar-refractivity contribution < 1.29 is 19.4 Å². The lowest BCUT2D eigenvalue weighted by atomic mass is 10.1. The average Bonchev–Trinajstić information content (AvgIpc) is 3.15. The van der Waals surface area contributed by atoms with Gasteiger partial charge in [-0.1, -0.05) is 26.0 Å². The maximum absolute atomic E-state index is 12.6. The van der Waals surface area contributed by atoms with Gasteiger partial charge >= 0.3 is 0 Å². The Labute approximate surface area is 179 Å². The normalized spacial score (nSPS) is 13.0. The standard InChI is InChI=1S/C19H18N2O4S2.C2H6/c1-21-18(19(24)14-5-3-4-6-16(14)27-21)15(22)8-7-13-9-12(11-26-13)20-17(23)10-25-2;1-2/h3-9,11,24H,10H2,1-2H3,(H,20,23);1-2H3/b8-7+;. The fourth-order valence-electron chi connectivity index (χ4n) is 2.55. The number of rotatable bonds is 6. The molecule has 8 heteroatoms. The van der Waals surface area contributed by atoms with Crippen molar-refractivity contribution in [3.63, 3.8) is 0 Å². The third-order valence-electron chi connectivity index (χ3n) is 3.73. The minimum absolute atomic E-state index is 0.0155. The summed E-state index contributed by atoms with van der Waals surface area (Å²) >= 11 is 2.79. The first-order chi connectivity index (χ1) is 14.0. The van der Waals surface area contributed by atoms with Gasteiger partial charge in [0.05, 0.1) is 5.69 Å². The van der Waals surface area contributed by atoms with Crippen LogP contribution in [-0.2, 0) is 14.3 Å². The Balaban J connectivity index is 0.00000145. The Bertz CT molecular complexity index is 934. The number of benzene rings is 1. The quantitative estimate of drug-likeness (QED) is 0.503. The highest BCUT2D eigenvalue weighted by Crippen LogP contribution is 2.38. The number of hydrogen-bond acceptors (Lipinski definition) is 7. The lowest BCUT2D eigenvalue weighted by molar-refractivity contribution is -0.119. The molecule has 0 bridgehead atoms. The average molecular weight is 433 g/mol. The van der Waals surface area contributed by atoms with Crippen LogP contribution in [-0.4, -0.2) is 41.9 Å². The molecule has 0 unspecified atom stereocenters. The molecule has 1 aromatic carbocycles. The third-order valence-corrected chi connectivity index (χ3v) is 5.63. The predicted octanol–water partition coefficient (Wildman–Crippen LogP) is 4.82. The van der Waals surface area contributed by atoms with Gasteiger partial charge in [-0.15, -0.1) is 11.3 Å². The minimum atomic E-state index is -0.296. The number of nitrogens with one attached hydrogen (secondary N) is 1. The molecule has 0 saturated heterocycles. The molecule has 2 aromatic rings. The van der Waals surface area contributed by atoms with E-state index in [0.717, 1.165) is 9.77 Å². The van der Waals surface area contributed by atoms with Gasteiger partial charge in [0.15, 0.2) is 5.76 Å². The van der Waals surface area contributed by atoms with Gasteiger partial charge in [-0.3, -0.25) is 9.59 Å². The Morgan fingerprint density at radius 1 is 1.28 bits per heavy atom. The van der Waals surface area contributed by atoms with Gasteiger partial charge in [0.1, 0.15) is 12.3 Å². The topological polar surface area (TPSA) is 78.9 Å². The number of nitrogens with zero attached hydrogens (tertiary/aromatic N) is 1. The van der Waals surface area contributed by atoms with Crippen molar-refractivity contribution in [2.45, 2.75) is 18.7 Å². The van der Waals surface area contributed by atoms with Crippen LogP contribution in [0.15, 0.2) is 52.4 Å². The number of thiophene rings is 1. The van der Waals surface area contributed by atoms with Crippen molar-refractivity contribution in [2.75, 3.05) is 26.1 Å². The highest BCUT2D eigenvalue weighted by molar-refractivity contribution is 7.97. The maximum atomic E-state index is 12.6. The molecule has 1 amide bonds. The number of ether oxygens (including phenoxy) is 1. The number of anilines is 1. The number of likely N-dealkylation sites (N-methyl/N-ethyl adjacent to an activating group) is 1. The Morgan fingerprint density at radius 2 is 2.00 bits per heavy atom. The number of ketones is 1. The number of amides is 1. The number of methoxy groups -OCH3 is 1. The van der Waals surface area contributed by atoms with Crippen LogP contribution in [0.5, 0.6) is 0 Å². The summed E-state index contributed by atoms with van der Waals surface area (Å²) in [6.07, 6.45) is 3.08. The summed E-state index contributed by atoms with van der Waals surface area (Å²) in [5, 5.41) is 15.0. The van der Waals surface area contributed by atoms with E-state index >= 15 is 0 Å². The smallest absolute Gasteiger partial charge is 0.250 e. The zero-order chi connectivity index (χ0) is 21.4. The molecule has 1 aliphatic rings. The number of allylic oxidation sites excluding steroid dienone is 1. The Hall–Kier alpha value is -2.55. The van der Waals surface area contributed by atoms with Crippen molar-refractivity contribution in [3.05, 3.63) is 57.9 Å². The molecule has 1 aromatic heterocycles. The van der Waals surface area contributed by atoms with Crippen molar-refractivity contribution in [3.8, 4) is 0 Å².